The Morgan fingerprint density at radius 3 is 2.44 bits per heavy atom. The smallest absolute Gasteiger partial charge is 0.414 e. The molecule has 0 unspecified atom stereocenters. The van der Waals surface area contributed by atoms with E-state index in [1.54, 1.807) is 29.7 Å². The Kier molecular flexibility index (Phi) is 5.42. The maximum absolute atomic E-state index is 11.7. The van der Waals surface area contributed by atoms with Gasteiger partial charge in [0.1, 0.15) is 5.75 Å². The number of hydrogen-bond acceptors (Lipinski definition) is 3. The summed E-state index contributed by atoms with van der Waals surface area (Å²) in [6, 6.07) is 6.61. The molecule has 0 fully saturated rings. The van der Waals surface area contributed by atoms with Gasteiger partial charge in [-0.15, -0.1) is 0 Å². The van der Waals surface area contributed by atoms with Crippen molar-refractivity contribution in [3.63, 3.8) is 0 Å². The van der Waals surface area contributed by atoms with Gasteiger partial charge in [-0.1, -0.05) is 15.9 Å². The number of hydroxylamine groups is 1. The van der Waals surface area contributed by atoms with Crippen LogP contribution in [0.5, 0.6) is 5.75 Å². The van der Waals surface area contributed by atoms with E-state index in [4.69, 9.17) is 4.74 Å². The van der Waals surface area contributed by atoms with Gasteiger partial charge in [0, 0.05) is 4.47 Å². The first-order valence-electron chi connectivity index (χ1n) is 4.72. The highest BCUT2D eigenvalue weighted by atomic mass is 79.9. The van der Waals surface area contributed by atoms with Crippen molar-refractivity contribution in [2.24, 2.45) is 0 Å². The van der Waals surface area contributed by atoms with Crippen LogP contribution in [0.25, 0.3) is 0 Å². The molecule has 0 spiro atoms. The Morgan fingerprint density at radius 1 is 1.28 bits per heavy atom. The van der Waals surface area contributed by atoms with E-state index < -0.39 is 25.3 Å². The topological polar surface area (TPSA) is 47.6 Å². The normalized spacial score (nSPS) is 11.1. The summed E-state index contributed by atoms with van der Waals surface area (Å²) in [5.74, 6) is -0.383. The molecule has 0 heterocycles. The van der Waals surface area contributed by atoms with Crippen molar-refractivity contribution in [1.29, 1.82) is 0 Å². The predicted octanol–water partition coefficient (Wildman–Crippen LogP) is 2.44. The first kappa shape index (κ1) is 14.8. The molecule has 0 saturated carbocycles. The van der Waals surface area contributed by atoms with Gasteiger partial charge in [-0.25, -0.2) is 5.48 Å². The molecule has 0 aliphatic heterocycles. The number of amides is 1. The summed E-state index contributed by atoms with van der Waals surface area (Å²) in [6.45, 7) is -1.98. The van der Waals surface area contributed by atoms with Gasteiger partial charge in [-0.3, -0.25) is 9.63 Å². The second-order valence-electron chi connectivity index (χ2n) is 3.17. The molecule has 4 nitrogen and oxygen atoms in total. The van der Waals surface area contributed by atoms with Crippen LogP contribution in [0.2, 0.25) is 0 Å². The van der Waals surface area contributed by atoms with Crippen LogP contribution in [0.4, 0.5) is 13.2 Å². The Labute approximate surface area is 109 Å². The van der Waals surface area contributed by atoms with Gasteiger partial charge in [-0.05, 0) is 24.3 Å². The molecule has 0 saturated heterocycles. The maximum atomic E-state index is 11.7. The molecule has 0 radical (unpaired) electrons. The molecule has 1 N–H and O–H groups in total. The molecule has 1 rings (SSSR count). The maximum Gasteiger partial charge on any atom is 0.414 e. The average Bonchev–Trinajstić information content (AvgIpc) is 2.26. The molecule has 0 aliphatic carbocycles. The first-order valence-corrected chi connectivity index (χ1v) is 5.52. The van der Waals surface area contributed by atoms with E-state index in [-0.39, 0.29) is 0 Å². The number of halogens is 4. The van der Waals surface area contributed by atoms with Crippen molar-refractivity contribution in [2.75, 3.05) is 13.2 Å². The van der Waals surface area contributed by atoms with Crippen LogP contribution in [-0.4, -0.2) is 25.3 Å². The quantitative estimate of drug-likeness (QED) is 0.845. The summed E-state index contributed by atoms with van der Waals surface area (Å²) < 4.78 is 40.9. The third-order valence-corrected chi connectivity index (χ3v) is 2.13. The predicted molar refractivity (Wildman–Crippen MR) is 59.8 cm³/mol. The van der Waals surface area contributed by atoms with Crippen molar-refractivity contribution >= 4 is 21.8 Å². The molecule has 1 aromatic rings. The number of alkyl halides is 3. The fourth-order valence-corrected chi connectivity index (χ4v) is 1.17. The fourth-order valence-electron chi connectivity index (χ4n) is 0.908. The molecular weight excluding hydrogens is 319 g/mol. The molecule has 8 heteroatoms. The number of hydrogen-bond donors (Lipinski definition) is 1. The van der Waals surface area contributed by atoms with Crippen molar-refractivity contribution < 1.29 is 27.5 Å². The number of nitrogens with one attached hydrogen (secondary N) is 1. The summed E-state index contributed by atoms with van der Waals surface area (Å²) in [5, 5.41) is 0. The highest BCUT2D eigenvalue weighted by Gasteiger charge is 2.28. The summed E-state index contributed by atoms with van der Waals surface area (Å²) in [5.41, 5.74) is 1.63. The molecule has 0 aliphatic rings. The van der Waals surface area contributed by atoms with Gasteiger partial charge in [0.15, 0.2) is 13.2 Å². The highest BCUT2D eigenvalue weighted by Crippen LogP contribution is 2.16. The van der Waals surface area contributed by atoms with Gasteiger partial charge in [0.25, 0.3) is 5.91 Å². The van der Waals surface area contributed by atoms with Crippen LogP contribution < -0.4 is 10.2 Å². The fraction of sp³-hybridized carbons (Fsp3) is 0.300. The lowest BCUT2D eigenvalue weighted by Gasteiger charge is -2.09. The minimum atomic E-state index is -4.49. The van der Waals surface area contributed by atoms with Crippen molar-refractivity contribution in [2.45, 2.75) is 6.18 Å². The van der Waals surface area contributed by atoms with Crippen LogP contribution in [0.15, 0.2) is 28.7 Å². The van der Waals surface area contributed by atoms with Crippen molar-refractivity contribution in [3.8, 4) is 5.75 Å². The standard InChI is InChI=1S/C10H9BrF3NO3/c11-7-1-3-8(4-2-7)17-5-9(16)15-18-6-10(12,13)14/h1-4H,5-6H2,(H,15,16). The first-order chi connectivity index (χ1) is 8.37. The highest BCUT2D eigenvalue weighted by molar-refractivity contribution is 9.10. The zero-order valence-electron chi connectivity index (χ0n) is 8.96. The Morgan fingerprint density at radius 2 is 1.89 bits per heavy atom. The lowest BCUT2D eigenvalue weighted by molar-refractivity contribution is -0.192. The molecule has 0 atom stereocenters. The Balaban J connectivity index is 2.23. The van der Waals surface area contributed by atoms with E-state index in [1.165, 1.54) is 0 Å². The monoisotopic (exact) mass is 327 g/mol. The Bertz CT molecular complexity index is 394. The number of carbonyl (C=O) groups excluding carboxylic acids is 1. The van der Waals surface area contributed by atoms with Crippen LogP contribution >= 0.6 is 15.9 Å². The van der Waals surface area contributed by atoms with Crippen LogP contribution in [0.3, 0.4) is 0 Å². The lowest BCUT2D eigenvalue weighted by atomic mass is 10.3. The molecule has 1 amide bonds. The minimum absolute atomic E-state index is 0.421. The van der Waals surface area contributed by atoms with E-state index in [0.29, 0.717) is 5.75 Å². The molecule has 18 heavy (non-hydrogen) atoms. The van der Waals surface area contributed by atoms with E-state index in [0.717, 1.165) is 4.47 Å². The Hall–Kier alpha value is -1.28. The van der Waals surface area contributed by atoms with E-state index in [2.05, 4.69) is 20.8 Å². The zero-order chi connectivity index (χ0) is 13.6. The van der Waals surface area contributed by atoms with E-state index >= 15 is 0 Å². The zero-order valence-corrected chi connectivity index (χ0v) is 10.5. The van der Waals surface area contributed by atoms with Gasteiger partial charge in [0.05, 0.1) is 0 Å². The van der Waals surface area contributed by atoms with E-state index in [9.17, 15) is 18.0 Å². The molecular formula is C10H9BrF3NO3. The summed E-state index contributed by atoms with van der Waals surface area (Å²) in [7, 11) is 0. The third-order valence-electron chi connectivity index (χ3n) is 1.61. The number of carbonyl (C=O) groups is 1. The van der Waals surface area contributed by atoms with E-state index in [1.807, 2.05) is 0 Å². The van der Waals surface area contributed by atoms with Gasteiger partial charge in [-0.2, -0.15) is 13.2 Å². The summed E-state index contributed by atoms with van der Waals surface area (Å²) in [6.07, 6.45) is -4.49. The van der Waals surface area contributed by atoms with Gasteiger partial charge < -0.3 is 4.74 Å². The van der Waals surface area contributed by atoms with Crippen LogP contribution in [0.1, 0.15) is 0 Å². The molecule has 0 aromatic heterocycles. The second kappa shape index (κ2) is 6.60. The number of benzene rings is 1. The third kappa shape index (κ3) is 6.45. The second-order valence-corrected chi connectivity index (χ2v) is 4.09. The minimum Gasteiger partial charge on any atom is -0.484 e. The molecule has 100 valence electrons. The lowest BCUT2D eigenvalue weighted by Crippen LogP contribution is -2.32. The molecule has 1 aromatic carbocycles. The largest absolute Gasteiger partial charge is 0.484 e. The number of rotatable bonds is 5. The van der Waals surface area contributed by atoms with Crippen LogP contribution in [-0.2, 0) is 9.63 Å². The summed E-state index contributed by atoms with van der Waals surface area (Å²) >= 11 is 3.22. The van der Waals surface area contributed by atoms with Gasteiger partial charge in [0.2, 0.25) is 0 Å². The summed E-state index contributed by atoms with van der Waals surface area (Å²) in [4.78, 5) is 15.0. The average molecular weight is 328 g/mol. The SMILES string of the molecule is O=C(COc1ccc(Br)cc1)NOCC(F)(F)F. The van der Waals surface area contributed by atoms with Crippen LogP contribution in [0, 0.1) is 0 Å². The molecule has 0 bridgehead atoms. The van der Waals surface area contributed by atoms with Gasteiger partial charge >= 0.3 is 6.18 Å². The van der Waals surface area contributed by atoms with Crippen molar-refractivity contribution in [3.05, 3.63) is 28.7 Å². The van der Waals surface area contributed by atoms with Crippen molar-refractivity contribution in [1.82, 2.24) is 5.48 Å². The number of ether oxygens (including phenoxy) is 1.